The van der Waals surface area contributed by atoms with E-state index in [4.69, 9.17) is 0 Å². The molecule has 5 atom stereocenters. The lowest BCUT2D eigenvalue weighted by molar-refractivity contribution is -0.150. The molecule has 5 N–H and O–H groups in total. The third kappa shape index (κ3) is 12.2. The van der Waals surface area contributed by atoms with Gasteiger partial charge in [0.25, 0.3) is 0 Å². The van der Waals surface area contributed by atoms with Gasteiger partial charge in [0.1, 0.15) is 18.1 Å². The Balaban J connectivity index is 1.24. The molecule has 0 saturated carbocycles. The van der Waals surface area contributed by atoms with Crippen LogP contribution >= 0.6 is 11.3 Å². The average molecular weight is 882 g/mol. The van der Waals surface area contributed by atoms with Crippen LogP contribution in [0.2, 0.25) is 0 Å². The second-order valence-electron chi connectivity index (χ2n) is 16.3. The number of nitrogens with one attached hydrogen (secondary N) is 4. The maximum absolute atomic E-state index is 14.7. The predicted molar refractivity (Wildman–Crippen MR) is 243 cm³/mol. The Labute approximate surface area is 375 Å². The largest absolute Gasteiger partial charge is 0.480 e. The molecule has 0 unspecified atom stereocenters. The summed E-state index contributed by atoms with van der Waals surface area (Å²) < 4.78 is 0. The molecule has 1 aromatic heterocycles. The maximum atomic E-state index is 14.7. The van der Waals surface area contributed by atoms with E-state index in [1.54, 1.807) is 24.3 Å². The number of rotatable bonds is 9. The van der Waals surface area contributed by atoms with Crippen LogP contribution in [0.15, 0.2) is 127 Å². The lowest BCUT2D eigenvalue weighted by atomic mass is 9.88. The number of carboxylic acid groups (broad SMARTS) is 1. The summed E-state index contributed by atoms with van der Waals surface area (Å²) in [6.07, 6.45) is 0.402. The first-order valence-corrected chi connectivity index (χ1v) is 22.4. The monoisotopic (exact) mass is 881 g/mol. The Hall–Kier alpha value is -6.93. The molecule has 8 rings (SSSR count). The number of amides is 5. The summed E-state index contributed by atoms with van der Waals surface area (Å²) in [4.78, 5) is 98.8. The summed E-state index contributed by atoms with van der Waals surface area (Å²) in [5, 5.41) is 23.3. The number of hydrogen-bond acceptors (Lipinski definition) is 8. The van der Waals surface area contributed by atoms with Crippen molar-refractivity contribution in [3.05, 3.63) is 148 Å². The van der Waals surface area contributed by atoms with Gasteiger partial charge in [-0.25, -0.2) is 4.79 Å². The van der Waals surface area contributed by atoms with Crippen LogP contribution in [-0.4, -0.2) is 82.0 Å². The van der Waals surface area contributed by atoms with Gasteiger partial charge in [-0.2, -0.15) is 0 Å². The Morgan fingerprint density at radius 2 is 1.23 bits per heavy atom. The average Bonchev–Trinajstić information content (AvgIpc) is 4.02. The standard InChI is InChI=1S/C50H51N5O8S/c56-44-30-37(49(61)55-25-7-14-43(55)50(62)63)27-33-17-21-38(22-18-33)51-45(57)23-24-46(58)52-42(31-39-13-8-26-64-39)48(60)54-41(47(59)53-40(44)28-32-9-3-1-4-10-32)29-34-15-19-36(20-16-34)35-11-5-2-6-12-35/h1-6,8-13,15-22,26,37,40-43H,7,14,23-25,27-31H2,(H,51,57)(H,52,58)(H,53,59)(H,54,60)(H,62,63)/t37-,40-,41+,42-,43-/m1/s1. The molecule has 4 heterocycles. The molecule has 2 bridgehead atoms. The molecule has 5 aromatic rings. The van der Waals surface area contributed by atoms with Crippen molar-refractivity contribution < 1.29 is 38.7 Å². The van der Waals surface area contributed by atoms with Crippen LogP contribution in [0.1, 0.15) is 53.7 Å². The Kier molecular flexibility index (Phi) is 15.1. The number of ketones is 1. The number of hydrogen-bond donors (Lipinski definition) is 5. The fraction of sp³-hybridized carbons (Fsp3) is 0.300. The van der Waals surface area contributed by atoms with Crippen molar-refractivity contribution in [1.82, 2.24) is 20.9 Å². The van der Waals surface area contributed by atoms with Gasteiger partial charge in [-0.05, 0) is 77.1 Å². The van der Waals surface area contributed by atoms with E-state index in [9.17, 15) is 38.7 Å². The van der Waals surface area contributed by atoms with Crippen molar-refractivity contribution in [3.63, 3.8) is 0 Å². The number of thiophene rings is 1. The quantitative estimate of drug-likeness (QED) is 0.120. The summed E-state index contributed by atoms with van der Waals surface area (Å²) in [5.41, 5.74) is 4.54. The first-order valence-electron chi connectivity index (χ1n) is 21.5. The Morgan fingerprint density at radius 3 is 1.91 bits per heavy atom. The molecule has 0 spiro atoms. The molecule has 3 aliphatic heterocycles. The van der Waals surface area contributed by atoms with E-state index in [-0.39, 0.29) is 51.5 Å². The third-order valence-electron chi connectivity index (χ3n) is 11.7. The fourth-order valence-corrected chi connectivity index (χ4v) is 9.02. The van der Waals surface area contributed by atoms with Gasteiger partial charge in [0.2, 0.25) is 29.5 Å². The number of carbonyl (C=O) groups excluding carboxylic acids is 6. The van der Waals surface area contributed by atoms with Gasteiger partial charge in [-0.1, -0.05) is 103 Å². The van der Waals surface area contributed by atoms with Gasteiger partial charge in [0.15, 0.2) is 5.78 Å². The van der Waals surface area contributed by atoms with Crippen molar-refractivity contribution in [2.45, 2.75) is 82.0 Å². The zero-order valence-electron chi connectivity index (χ0n) is 35.2. The van der Waals surface area contributed by atoms with Gasteiger partial charge in [-0.3, -0.25) is 28.8 Å². The van der Waals surface area contributed by atoms with Gasteiger partial charge >= 0.3 is 5.97 Å². The van der Waals surface area contributed by atoms with Crippen LogP contribution in [0.25, 0.3) is 11.1 Å². The van der Waals surface area contributed by atoms with Crippen LogP contribution in [0, 0.1) is 5.92 Å². The van der Waals surface area contributed by atoms with Gasteiger partial charge < -0.3 is 31.3 Å². The van der Waals surface area contributed by atoms with E-state index in [1.165, 1.54) is 16.2 Å². The minimum Gasteiger partial charge on any atom is -0.480 e. The topological polar surface area (TPSA) is 191 Å². The van der Waals surface area contributed by atoms with Crippen LogP contribution in [0.4, 0.5) is 5.69 Å². The number of aliphatic carboxylic acids is 1. The van der Waals surface area contributed by atoms with Crippen LogP contribution in [0.5, 0.6) is 0 Å². The number of benzene rings is 4. The van der Waals surface area contributed by atoms with E-state index in [2.05, 4.69) is 21.3 Å². The summed E-state index contributed by atoms with van der Waals surface area (Å²) in [6, 6.07) is 32.4. The molecule has 330 valence electrons. The number of anilines is 1. The second kappa shape index (κ2) is 21.4. The number of nitrogens with zero attached hydrogens (tertiary/aromatic N) is 1. The van der Waals surface area contributed by atoms with Crippen LogP contribution < -0.4 is 21.3 Å². The SMILES string of the molecule is O=C1CCC(=O)N[C@H](Cc2cccs2)C(=O)N[C@@H](Cc2ccc(-c3ccccc3)cc2)C(=O)N[C@H](Cc2ccccc2)C(=O)C[C@H](C(=O)N2CCC[C@@H]2C(=O)O)Cc2ccc(cc2)N1. The highest BCUT2D eigenvalue weighted by molar-refractivity contribution is 7.09. The predicted octanol–water partition coefficient (Wildman–Crippen LogP) is 5.52. The van der Waals surface area contributed by atoms with Gasteiger partial charge in [-0.15, -0.1) is 11.3 Å². The molecule has 1 fully saturated rings. The molecule has 0 aliphatic carbocycles. The molecule has 13 nitrogen and oxygen atoms in total. The van der Waals surface area contributed by atoms with Crippen molar-refractivity contribution >= 4 is 58.3 Å². The van der Waals surface area contributed by atoms with E-state index in [1.807, 2.05) is 102 Å². The first-order chi connectivity index (χ1) is 31.0. The van der Waals surface area contributed by atoms with Crippen molar-refractivity contribution in [3.8, 4) is 11.1 Å². The molecule has 0 radical (unpaired) electrons. The van der Waals surface area contributed by atoms with E-state index in [0.717, 1.165) is 27.1 Å². The molecule has 4 aromatic carbocycles. The number of likely N-dealkylation sites (tertiary alicyclic amines) is 1. The first kappa shape index (κ1) is 45.1. The Morgan fingerprint density at radius 1 is 0.625 bits per heavy atom. The summed E-state index contributed by atoms with van der Waals surface area (Å²) in [6.45, 7) is 0.230. The second-order valence-corrected chi connectivity index (χ2v) is 17.4. The molecule has 5 amide bonds. The summed E-state index contributed by atoms with van der Waals surface area (Å²) >= 11 is 1.41. The highest BCUT2D eigenvalue weighted by Gasteiger charge is 2.39. The van der Waals surface area contributed by atoms with Crippen LogP contribution in [-0.2, 0) is 59.2 Å². The molecule has 64 heavy (non-hydrogen) atoms. The minimum atomic E-state index is -1.22. The Bertz CT molecular complexity index is 2430. The lowest BCUT2D eigenvalue weighted by Gasteiger charge is -2.29. The molecular weight excluding hydrogens is 831 g/mol. The van der Waals surface area contributed by atoms with E-state index in [0.29, 0.717) is 24.1 Å². The van der Waals surface area contributed by atoms with E-state index < -0.39 is 71.4 Å². The zero-order chi connectivity index (χ0) is 45.0. The smallest absolute Gasteiger partial charge is 0.326 e. The summed E-state index contributed by atoms with van der Waals surface area (Å²) in [7, 11) is 0. The number of Topliss-reactive ketones (excluding diaryl/α,β-unsaturated/α-hetero) is 1. The minimum absolute atomic E-state index is 0.0290. The van der Waals surface area contributed by atoms with Crippen LogP contribution in [0.3, 0.4) is 0 Å². The number of carbonyl (C=O) groups is 7. The molecule has 1 saturated heterocycles. The molecule has 3 aliphatic rings. The highest BCUT2D eigenvalue weighted by Crippen LogP contribution is 2.26. The molecular formula is C50H51N5O8S. The number of fused-ring (bicyclic) bond motifs is 18. The fourth-order valence-electron chi connectivity index (χ4n) is 8.27. The van der Waals surface area contributed by atoms with Crippen molar-refractivity contribution in [2.24, 2.45) is 5.92 Å². The van der Waals surface area contributed by atoms with E-state index >= 15 is 0 Å². The van der Waals surface area contributed by atoms with Gasteiger partial charge in [0, 0.05) is 55.1 Å². The molecule has 14 heteroatoms. The highest BCUT2D eigenvalue weighted by atomic mass is 32.1. The number of carboxylic acids is 1. The van der Waals surface area contributed by atoms with Crippen molar-refractivity contribution in [2.75, 3.05) is 11.9 Å². The third-order valence-corrected chi connectivity index (χ3v) is 12.6. The normalized spacial score (nSPS) is 21.5. The van der Waals surface area contributed by atoms with Gasteiger partial charge in [0.05, 0.1) is 6.04 Å². The van der Waals surface area contributed by atoms with Crippen molar-refractivity contribution in [1.29, 1.82) is 0 Å². The zero-order valence-corrected chi connectivity index (χ0v) is 36.1. The lowest BCUT2D eigenvalue weighted by Crippen LogP contribution is -2.57. The maximum Gasteiger partial charge on any atom is 0.326 e. The summed E-state index contributed by atoms with van der Waals surface area (Å²) in [5.74, 6) is -5.26.